The molecule has 0 aliphatic carbocycles. The van der Waals surface area contributed by atoms with Gasteiger partial charge in [-0.2, -0.15) is 13.2 Å². The zero-order valence-corrected chi connectivity index (χ0v) is 18.8. The molecule has 0 unspecified atom stereocenters. The van der Waals surface area contributed by atoms with E-state index in [4.69, 9.17) is 4.74 Å². The van der Waals surface area contributed by atoms with Crippen LogP contribution in [0.1, 0.15) is 34.1 Å². The van der Waals surface area contributed by atoms with E-state index >= 15 is 0 Å². The molecule has 0 aliphatic heterocycles. The van der Waals surface area contributed by atoms with E-state index < -0.39 is 23.5 Å². The molecule has 0 fully saturated rings. The van der Waals surface area contributed by atoms with E-state index in [2.05, 4.69) is 9.97 Å². The lowest BCUT2D eigenvalue weighted by atomic mass is 10.1. The summed E-state index contributed by atoms with van der Waals surface area (Å²) in [5, 5.41) is 0.457. The Balaban J connectivity index is 1.70. The Morgan fingerprint density at radius 3 is 2.65 bits per heavy atom. The van der Waals surface area contributed by atoms with Crippen molar-refractivity contribution < 1.29 is 27.1 Å². The minimum atomic E-state index is -4.57. The number of halogens is 4. The topological polar surface area (TPSA) is 57.0 Å². The average Bonchev–Trinajstić information content (AvgIpc) is 3.15. The van der Waals surface area contributed by atoms with Gasteiger partial charge < -0.3 is 9.30 Å². The molecule has 0 radical (unpaired) electrons. The third-order valence-corrected chi connectivity index (χ3v) is 6.03. The van der Waals surface area contributed by atoms with Gasteiger partial charge in [-0.3, -0.25) is 4.98 Å². The van der Waals surface area contributed by atoms with E-state index in [1.165, 1.54) is 0 Å². The Morgan fingerprint density at radius 2 is 1.94 bits per heavy atom. The highest BCUT2D eigenvalue weighted by molar-refractivity contribution is 7.98. The van der Waals surface area contributed by atoms with Gasteiger partial charge in [0.05, 0.1) is 41.0 Å². The zero-order valence-electron chi connectivity index (χ0n) is 18.0. The van der Waals surface area contributed by atoms with Crippen molar-refractivity contribution in [3.63, 3.8) is 0 Å². The van der Waals surface area contributed by atoms with Crippen LogP contribution >= 0.6 is 11.8 Å². The van der Waals surface area contributed by atoms with Crippen LogP contribution in [-0.4, -0.2) is 27.1 Å². The number of aromatic nitrogens is 3. The number of carbonyl (C=O) groups excluding carboxylic acids is 1. The number of carbonyl (C=O) groups is 1. The van der Waals surface area contributed by atoms with Crippen LogP contribution in [0.4, 0.5) is 17.6 Å². The summed E-state index contributed by atoms with van der Waals surface area (Å²) in [6, 6.07) is 12.8. The van der Waals surface area contributed by atoms with Crippen LogP contribution in [0.3, 0.4) is 0 Å². The fraction of sp³-hybridized carbons (Fsp3) is 0.208. The van der Waals surface area contributed by atoms with Crippen molar-refractivity contribution in [3.8, 4) is 0 Å². The Kier molecular flexibility index (Phi) is 6.87. The van der Waals surface area contributed by atoms with Gasteiger partial charge in [0.2, 0.25) is 0 Å². The monoisotopic (exact) mass is 489 g/mol. The van der Waals surface area contributed by atoms with Gasteiger partial charge in [-0.05, 0) is 61.0 Å². The van der Waals surface area contributed by atoms with Crippen LogP contribution in [0.15, 0.2) is 66.0 Å². The van der Waals surface area contributed by atoms with Crippen LogP contribution in [-0.2, 0) is 23.2 Å². The first kappa shape index (κ1) is 23.7. The number of hydrogen-bond acceptors (Lipinski definition) is 5. The molecule has 0 N–H and O–H groups in total. The van der Waals surface area contributed by atoms with E-state index in [9.17, 15) is 22.4 Å². The lowest BCUT2D eigenvalue weighted by molar-refractivity contribution is -0.137. The first-order valence-corrected chi connectivity index (χ1v) is 11.3. The van der Waals surface area contributed by atoms with E-state index in [-0.39, 0.29) is 17.9 Å². The van der Waals surface area contributed by atoms with Gasteiger partial charge in [0, 0.05) is 11.9 Å². The normalized spacial score (nSPS) is 11.7. The number of thioether (sulfide) groups is 1. The summed E-state index contributed by atoms with van der Waals surface area (Å²) in [5.74, 6) is -1.27. The quantitative estimate of drug-likeness (QED) is 0.178. The Bertz CT molecular complexity index is 1320. The van der Waals surface area contributed by atoms with Gasteiger partial charge in [0.25, 0.3) is 0 Å². The average molecular weight is 489 g/mol. The second-order valence-electron chi connectivity index (χ2n) is 7.32. The van der Waals surface area contributed by atoms with Gasteiger partial charge >= 0.3 is 12.1 Å². The number of benzene rings is 2. The molecule has 4 rings (SSSR count). The van der Waals surface area contributed by atoms with Crippen molar-refractivity contribution in [2.45, 2.75) is 30.6 Å². The molecule has 0 amide bonds. The minimum absolute atomic E-state index is 0.0635. The molecule has 5 nitrogen and oxygen atoms in total. The fourth-order valence-corrected chi connectivity index (χ4v) is 4.36. The SMILES string of the molecule is CCOC(=O)c1ccc2c(c1)nc(SCc1cc(C(F)(F)F)ccc1F)n2Cc1ccccn1. The number of fused-ring (bicyclic) bond motifs is 1. The lowest BCUT2D eigenvalue weighted by Gasteiger charge is -2.11. The van der Waals surface area contributed by atoms with Crippen LogP contribution in [0.5, 0.6) is 0 Å². The molecular weight excluding hydrogens is 470 g/mol. The number of hydrogen-bond donors (Lipinski definition) is 0. The van der Waals surface area contributed by atoms with Crippen molar-refractivity contribution in [3.05, 3.63) is 89.0 Å². The molecule has 0 bridgehead atoms. The first-order valence-electron chi connectivity index (χ1n) is 10.3. The van der Waals surface area contributed by atoms with Crippen molar-refractivity contribution in [2.24, 2.45) is 0 Å². The van der Waals surface area contributed by atoms with Gasteiger partial charge in [0.1, 0.15) is 5.82 Å². The highest BCUT2D eigenvalue weighted by atomic mass is 32.2. The summed E-state index contributed by atoms with van der Waals surface area (Å²) >= 11 is 1.10. The number of rotatable bonds is 7. The molecule has 2 aromatic heterocycles. The number of imidazole rings is 1. The Labute approximate surface area is 196 Å². The summed E-state index contributed by atoms with van der Waals surface area (Å²) in [4.78, 5) is 21.0. The molecule has 34 heavy (non-hydrogen) atoms. The molecule has 0 saturated heterocycles. The second kappa shape index (κ2) is 9.84. The van der Waals surface area contributed by atoms with Crippen molar-refractivity contribution in [1.29, 1.82) is 0 Å². The summed E-state index contributed by atoms with van der Waals surface area (Å²) in [6.45, 7) is 2.28. The molecule has 2 heterocycles. The van der Waals surface area contributed by atoms with Gasteiger partial charge in [-0.25, -0.2) is 14.2 Å². The molecular formula is C24H19F4N3O2S. The highest BCUT2D eigenvalue weighted by Crippen LogP contribution is 2.33. The largest absolute Gasteiger partial charge is 0.462 e. The molecule has 0 saturated carbocycles. The summed E-state index contributed by atoms with van der Waals surface area (Å²) < 4.78 is 60.4. The number of alkyl halides is 3. The van der Waals surface area contributed by atoms with Crippen LogP contribution in [0.2, 0.25) is 0 Å². The van der Waals surface area contributed by atoms with Crippen LogP contribution in [0.25, 0.3) is 11.0 Å². The first-order chi connectivity index (χ1) is 16.3. The van der Waals surface area contributed by atoms with Crippen molar-refractivity contribution in [2.75, 3.05) is 6.61 Å². The van der Waals surface area contributed by atoms with E-state index in [1.807, 2.05) is 16.7 Å². The predicted molar refractivity (Wildman–Crippen MR) is 120 cm³/mol. The molecule has 10 heteroatoms. The van der Waals surface area contributed by atoms with Gasteiger partial charge in [-0.1, -0.05) is 17.8 Å². The standard InChI is InChI=1S/C24H19F4N3O2S/c1-2-33-22(32)15-6-9-21-20(12-15)30-23(31(21)13-18-5-3-4-10-29-18)34-14-16-11-17(24(26,27)28)7-8-19(16)25/h3-12H,2,13-14H2,1H3. The van der Waals surface area contributed by atoms with Crippen LogP contribution < -0.4 is 0 Å². The predicted octanol–water partition coefficient (Wildman–Crippen LogP) is 6.11. The maximum absolute atomic E-state index is 14.3. The lowest BCUT2D eigenvalue weighted by Crippen LogP contribution is -2.06. The number of ether oxygens (including phenoxy) is 1. The molecule has 0 atom stereocenters. The Morgan fingerprint density at radius 1 is 1.12 bits per heavy atom. The smallest absolute Gasteiger partial charge is 0.416 e. The van der Waals surface area contributed by atoms with E-state index in [0.29, 0.717) is 28.3 Å². The summed E-state index contributed by atoms with van der Waals surface area (Å²) in [5.41, 5.74) is 1.29. The number of nitrogens with zero attached hydrogens (tertiary/aromatic N) is 3. The fourth-order valence-electron chi connectivity index (χ4n) is 3.37. The van der Waals surface area contributed by atoms with Crippen LogP contribution in [0, 0.1) is 5.82 Å². The molecule has 0 spiro atoms. The molecule has 4 aromatic rings. The van der Waals surface area contributed by atoms with Gasteiger partial charge in [0.15, 0.2) is 5.16 Å². The molecule has 0 aliphatic rings. The maximum Gasteiger partial charge on any atom is 0.416 e. The third kappa shape index (κ3) is 5.22. The third-order valence-electron chi connectivity index (χ3n) is 5.00. The number of pyridine rings is 1. The highest BCUT2D eigenvalue weighted by Gasteiger charge is 2.31. The Hall–Kier alpha value is -3.40. The van der Waals surface area contributed by atoms with Gasteiger partial charge in [-0.15, -0.1) is 0 Å². The maximum atomic E-state index is 14.3. The van der Waals surface area contributed by atoms with E-state index in [1.54, 1.807) is 37.4 Å². The number of esters is 1. The summed E-state index contributed by atoms with van der Waals surface area (Å²) in [6.07, 6.45) is -2.92. The molecule has 176 valence electrons. The van der Waals surface area contributed by atoms with E-state index in [0.717, 1.165) is 35.7 Å². The summed E-state index contributed by atoms with van der Waals surface area (Å²) in [7, 11) is 0. The second-order valence-corrected chi connectivity index (χ2v) is 8.26. The molecule has 2 aromatic carbocycles. The zero-order chi connectivity index (χ0) is 24.3. The van der Waals surface area contributed by atoms with Crippen molar-refractivity contribution in [1.82, 2.24) is 14.5 Å². The minimum Gasteiger partial charge on any atom is -0.462 e. The van der Waals surface area contributed by atoms with Crippen molar-refractivity contribution >= 4 is 28.8 Å².